The predicted molar refractivity (Wildman–Crippen MR) is 73.8 cm³/mol. The molecule has 1 saturated heterocycles. The lowest BCUT2D eigenvalue weighted by atomic mass is 10.0. The topological polar surface area (TPSA) is 104 Å². The number of rotatable bonds is 2. The van der Waals surface area contributed by atoms with Crippen molar-refractivity contribution in [3.8, 4) is 5.88 Å². The van der Waals surface area contributed by atoms with Crippen LogP contribution in [0.3, 0.4) is 0 Å². The Kier molecular flexibility index (Phi) is 3.25. The number of hydrogen-bond donors (Lipinski definition) is 2. The second-order valence-corrected chi connectivity index (χ2v) is 5.09. The number of hydrogen-bond acceptors (Lipinski definition) is 6. The van der Waals surface area contributed by atoms with Gasteiger partial charge in [-0.2, -0.15) is 0 Å². The summed E-state index contributed by atoms with van der Waals surface area (Å²) in [5.74, 6) is 0.659. The van der Waals surface area contributed by atoms with E-state index in [9.17, 15) is 4.79 Å². The van der Waals surface area contributed by atoms with Crippen molar-refractivity contribution >= 4 is 17.5 Å². The Balaban J connectivity index is 1.85. The van der Waals surface area contributed by atoms with Gasteiger partial charge in [0.2, 0.25) is 5.88 Å². The molecule has 0 bridgehead atoms. The smallest absolute Gasteiger partial charge is 0.404 e. The van der Waals surface area contributed by atoms with E-state index in [1.54, 1.807) is 6.20 Å². The van der Waals surface area contributed by atoms with E-state index in [-0.39, 0.29) is 6.10 Å². The molecule has 108 valence electrons. The van der Waals surface area contributed by atoms with E-state index in [1.165, 1.54) is 0 Å². The molecule has 4 N–H and O–H groups in total. The van der Waals surface area contributed by atoms with Crippen molar-refractivity contribution in [1.82, 2.24) is 4.98 Å². The van der Waals surface area contributed by atoms with Crippen LogP contribution < -0.4 is 21.1 Å². The molecule has 0 aromatic carbocycles. The average Bonchev–Trinajstić information content (AvgIpc) is 2.86. The molecule has 0 saturated carbocycles. The number of anilines is 2. The maximum Gasteiger partial charge on any atom is 0.404 e. The third-order valence-electron chi connectivity index (χ3n) is 3.71. The Morgan fingerprint density at radius 3 is 3.20 bits per heavy atom. The summed E-state index contributed by atoms with van der Waals surface area (Å²) in [5, 5.41) is 0. The first kappa shape index (κ1) is 12.8. The van der Waals surface area contributed by atoms with Gasteiger partial charge in [-0.05, 0) is 12.8 Å². The second kappa shape index (κ2) is 5.07. The van der Waals surface area contributed by atoms with Gasteiger partial charge in [0.05, 0.1) is 30.7 Å². The van der Waals surface area contributed by atoms with Crippen LogP contribution in [0.5, 0.6) is 5.88 Å². The molecule has 1 aromatic rings. The monoisotopic (exact) mass is 278 g/mol. The van der Waals surface area contributed by atoms with Crippen LogP contribution in [-0.2, 0) is 11.2 Å². The Labute approximate surface area is 116 Å². The molecule has 1 atom stereocenters. The highest BCUT2D eigenvalue weighted by Gasteiger charge is 2.28. The Bertz CT molecular complexity index is 535. The molecule has 0 radical (unpaired) electrons. The van der Waals surface area contributed by atoms with Gasteiger partial charge in [0.15, 0.2) is 0 Å². The number of ether oxygens (including phenoxy) is 2. The standard InChI is InChI=1S/C13H18N4O3/c14-10-6-16-12-9(3-5-19-12)11(10)17-4-1-2-8(7-17)20-13(15)18/h6,8H,1-5,7,14H2,(H2,15,18)/t8-/m0/s1. The molecular weight excluding hydrogens is 260 g/mol. The second-order valence-electron chi connectivity index (χ2n) is 5.09. The van der Waals surface area contributed by atoms with Gasteiger partial charge in [-0.3, -0.25) is 0 Å². The first-order chi connectivity index (χ1) is 9.65. The Morgan fingerprint density at radius 1 is 1.55 bits per heavy atom. The van der Waals surface area contributed by atoms with Crippen LogP contribution in [0, 0.1) is 0 Å². The van der Waals surface area contributed by atoms with Crippen molar-refractivity contribution < 1.29 is 14.3 Å². The van der Waals surface area contributed by atoms with Gasteiger partial charge < -0.3 is 25.8 Å². The van der Waals surface area contributed by atoms with E-state index < -0.39 is 6.09 Å². The number of carbonyl (C=O) groups excluding carboxylic acids is 1. The lowest BCUT2D eigenvalue weighted by Crippen LogP contribution is -2.42. The third kappa shape index (κ3) is 2.31. The number of aromatic nitrogens is 1. The number of pyridine rings is 1. The van der Waals surface area contributed by atoms with Gasteiger partial charge in [0.1, 0.15) is 6.10 Å². The Hall–Kier alpha value is -2.18. The summed E-state index contributed by atoms with van der Waals surface area (Å²) in [6, 6.07) is 0. The molecule has 1 amide bonds. The number of nitrogen functional groups attached to an aromatic ring is 1. The molecule has 0 unspecified atom stereocenters. The highest BCUT2D eigenvalue weighted by atomic mass is 16.6. The first-order valence-corrected chi connectivity index (χ1v) is 6.76. The van der Waals surface area contributed by atoms with Gasteiger partial charge in [0.25, 0.3) is 0 Å². The summed E-state index contributed by atoms with van der Waals surface area (Å²) in [7, 11) is 0. The Morgan fingerprint density at radius 2 is 2.40 bits per heavy atom. The molecule has 0 spiro atoms. The van der Waals surface area contributed by atoms with Crippen LogP contribution >= 0.6 is 0 Å². The number of carbonyl (C=O) groups is 1. The predicted octanol–water partition coefficient (Wildman–Crippen LogP) is 0.663. The van der Waals surface area contributed by atoms with E-state index in [0.717, 1.165) is 37.1 Å². The molecule has 0 aliphatic carbocycles. The average molecular weight is 278 g/mol. The molecule has 2 aliphatic heterocycles. The van der Waals surface area contributed by atoms with Gasteiger partial charge in [-0.15, -0.1) is 0 Å². The number of primary amides is 1. The highest BCUT2D eigenvalue weighted by Crippen LogP contribution is 2.37. The lowest BCUT2D eigenvalue weighted by molar-refractivity contribution is 0.0966. The van der Waals surface area contributed by atoms with Crippen molar-refractivity contribution in [3.63, 3.8) is 0 Å². The number of amides is 1. The van der Waals surface area contributed by atoms with Gasteiger partial charge in [-0.1, -0.05) is 0 Å². The summed E-state index contributed by atoms with van der Waals surface area (Å²) >= 11 is 0. The number of nitrogens with zero attached hydrogens (tertiary/aromatic N) is 2. The van der Waals surface area contributed by atoms with Crippen molar-refractivity contribution in [3.05, 3.63) is 11.8 Å². The summed E-state index contributed by atoms with van der Waals surface area (Å²) < 4.78 is 10.6. The third-order valence-corrected chi connectivity index (χ3v) is 3.71. The molecular formula is C13H18N4O3. The zero-order valence-corrected chi connectivity index (χ0v) is 11.2. The van der Waals surface area contributed by atoms with E-state index in [4.69, 9.17) is 20.9 Å². The minimum Gasteiger partial charge on any atom is -0.477 e. The van der Waals surface area contributed by atoms with Gasteiger partial charge in [-0.25, -0.2) is 9.78 Å². The quantitative estimate of drug-likeness (QED) is 0.823. The van der Waals surface area contributed by atoms with Crippen molar-refractivity contribution in [2.75, 3.05) is 30.3 Å². The van der Waals surface area contributed by atoms with Crippen LogP contribution in [0.2, 0.25) is 0 Å². The van der Waals surface area contributed by atoms with E-state index in [1.807, 2.05) is 0 Å². The fourth-order valence-electron chi connectivity index (χ4n) is 2.92. The first-order valence-electron chi connectivity index (χ1n) is 6.76. The fourth-order valence-corrected chi connectivity index (χ4v) is 2.92. The molecule has 3 rings (SSSR count). The normalized spacial score (nSPS) is 21.2. The van der Waals surface area contributed by atoms with Crippen molar-refractivity contribution in [2.24, 2.45) is 5.73 Å². The summed E-state index contributed by atoms with van der Waals surface area (Å²) in [6.45, 7) is 2.11. The number of nitrogens with two attached hydrogens (primary N) is 2. The van der Waals surface area contributed by atoms with Crippen LogP contribution in [0.1, 0.15) is 18.4 Å². The maximum atomic E-state index is 10.9. The SMILES string of the molecule is NC(=O)O[C@H]1CCCN(c2c(N)cnc3c2CCO3)C1. The molecule has 7 nitrogen and oxygen atoms in total. The van der Waals surface area contributed by atoms with Gasteiger partial charge in [0, 0.05) is 18.5 Å². The summed E-state index contributed by atoms with van der Waals surface area (Å²) in [4.78, 5) is 17.2. The van der Waals surface area contributed by atoms with Crippen LogP contribution in [0.4, 0.5) is 16.2 Å². The fraction of sp³-hybridized carbons (Fsp3) is 0.538. The zero-order chi connectivity index (χ0) is 14.1. The van der Waals surface area contributed by atoms with Gasteiger partial charge >= 0.3 is 6.09 Å². The minimum atomic E-state index is -0.729. The van der Waals surface area contributed by atoms with Crippen LogP contribution in [0.15, 0.2) is 6.20 Å². The largest absolute Gasteiger partial charge is 0.477 e. The van der Waals surface area contributed by atoms with E-state index >= 15 is 0 Å². The van der Waals surface area contributed by atoms with E-state index in [2.05, 4.69) is 9.88 Å². The molecule has 20 heavy (non-hydrogen) atoms. The van der Waals surface area contributed by atoms with Crippen LogP contribution in [-0.4, -0.2) is 36.9 Å². The maximum absolute atomic E-state index is 10.9. The molecule has 3 heterocycles. The number of fused-ring (bicyclic) bond motifs is 1. The zero-order valence-electron chi connectivity index (χ0n) is 11.2. The molecule has 7 heteroatoms. The lowest BCUT2D eigenvalue weighted by Gasteiger charge is -2.35. The van der Waals surface area contributed by atoms with Crippen LogP contribution in [0.25, 0.3) is 0 Å². The minimum absolute atomic E-state index is 0.188. The molecule has 1 aromatic heterocycles. The molecule has 1 fully saturated rings. The summed E-state index contributed by atoms with van der Waals surface area (Å²) in [5.41, 5.74) is 13.8. The van der Waals surface area contributed by atoms with Crippen molar-refractivity contribution in [2.45, 2.75) is 25.4 Å². The highest BCUT2D eigenvalue weighted by molar-refractivity contribution is 5.74. The number of piperidine rings is 1. The summed E-state index contributed by atoms with van der Waals surface area (Å²) in [6.07, 6.45) is 3.26. The molecule has 2 aliphatic rings. The van der Waals surface area contributed by atoms with Crippen molar-refractivity contribution in [1.29, 1.82) is 0 Å². The van der Waals surface area contributed by atoms with E-state index in [0.29, 0.717) is 24.7 Å².